The molecule has 0 saturated carbocycles. The molecule has 0 radical (unpaired) electrons. The first-order valence-electron chi connectivity index (χ1n) is 8.80. The lowest BCUT2D eigenvalue weighted by atomic mass is 10.00. The van der Waals surface area contributed by atoms with Gasteiger partial charge >= 0.3 is 0 Å². The van der Waals surface area contributed by atoms with Crippen molar-refractivity contribution in [3.8, 4) is 0 Å². The van der Waals surface area contributed by atoms with E-state index in [0.717, 1.165) is 37.9 Å². The molecule has 1 amide bonds. The number of hydrogen-bond acceptors (Lipinski definition) is 4. The number of fused-ring (bicyclic) bond motifs is 1. The Balaban J connectivity index is 1.97. The number of hydrogen-bond donors (Lipinski definition) is 0. The van der Waals surface area contributed by atoms with E-state index >= 15 is 0 Å². The second kappa shape index (κ2) is 7.05. The summed E-state index contributed by atoms with van der Waals surface area (Å²) in [4.78, 5) is 33.3. The maximum atomic E-state index is 12.9. The lowest BCUT2D eigenvalue weighted by Crippen LogP contribution is -2.39. The third kappa shape index (κ3) is 3.11. The highest BCUT2D eigenvalue weighted by Crippen LogP contribution is 2.29. The van der Waals surface area contributed by atoms with Gasteiger partial charge in [0.2, 0.25) is 0 Å². The van der Waals surface area contributed by atoms with Gasteiger partial charge in [-0.2, -0.15) is 0 Å². The van der Waals surface area contributed by atoms with Gasteiger partial charge in [0.05, 0.1) is 16.6 Å². The maximum Gasteiger partial charge on any atom is 0.264 e. The summed E-state index contributed by atoms with van der Waals surface area (Å²) in [6.07, 6.45) is 5.84. The second-order valence-corrected chi connectivity index (χ2v) is 7.83. The quantitative estimate of drug-likeness (QED) is 0.851. The number of thiophene rings is 1. The van der Waals surface area contributed by atoms with Crippen molar-refractivity contribution in [2.24, 2.45) is 5.92 Å². The zero-order chi connectivity index (χ0) is 17.3. The van der Waals surface area contributed by atoms with E-state index in [9.17, 15) is 9.59 Å². The summed E-state index contributed by atoms with van der Waals surface area (Å²) in [7, 11) is 0. The van der Waals surface area contributed by atoms with E-state index in [1.54, 1.807) is 10.9 Å². The molecule has 1 aliphatic rings. The van der Waals surface area contributed by atoms with Crippen molar-refractivity contribution in [1.29, 1.82) is 0 Å². The molecule has 5 nitrogen and oxygen atoms in total. The molecule has 3 rings (SSSR count). The average Bonchev–Trinajstić information content (AvgIpc) is 2.91. The number of nitrogens with zero attached hydrogens (tertiary/aromatic N) is 3. The SMILES string of the molecule is CCCCn1cnc2sc(C(=O)N3CCCC(C)C3)c(C)c2c1=O. The third-order valence-electron chi connectivity index (χ3n) is 4.81. The Bertz CT molecular complexity index is 808. The van der Waals surface area contributed by atoms with Crippen molar-refractivity contribution in [3.05, 3.63) is 27.1 Å². The Morgan fingerprint density at radius 3 is 2.96 bits per heavy atom. The highest BCUT2D eigenvalue weighted by molar-refractivity contribution is 7.20. The molecule has 0 bridgehead atoms. The highest BCUT2D eigenvalue weighted by Gasteiger charge is 2.26. The van der Waals surface area contributed by atoms with Gasteiger partial charge in [0.25, 0.3) is 11.5 Å². The summed E-state index contributed by atoms with van der Waals surface area (Å²) in [5.74, 6) is 0.600. The van der Waals surface area contributed by atoms with E-state index < -0.39 is 0 Å². The summed E-state index contributed by atoms with van der Waals surface area (Å²) in [5.41, 5.74) is 0.773. The molecule has 1 aliphatic heterocycles. The predicted molar refractivity (Wildman–Crippen MR) is 97.8 cm³/mol. The van der Waals surface area contributed by atoms with Crippen molar-refractivity contribution in [3.63, 3.8) is 0 Å². The largest absolute Gasteiger partial charge is 0.338 e. The van der Waals surface area contributed by atoms with Gasteiger partial charge in [-0.3, -0.25) is 14.2 Å². The van der Waals surface area contributed by atoms with Crippen LogP contribution in [-0.2, 0) is 6.54 Å². The fourth-order valence-electron chi connectivity index (χ4n) is 3.37. The van der Waals surface area contributed by atoms with Gasteiger partial charge in [-0.1, -0.05) is 20.3 Å². The molecule has 0 spiro atoms. The number of likely N-dealkylation sites (tertiary alicyclic amines) is 1. The number of carbonyl (C=O) groups excluding carboxylic acids is 1. The third-order valence-corrected chi connectivity index (χ3v) is 6.00. The minimum Gasteiger partial charge on any atom is -0.338 e. The molecule has 2 aromatic rings. The second-order valence-electron chi connectivity index (χ2n) is 6.83. The van der Waals surface area contributed by atoms with E-state index in [0.29, 0.717) is 27.6 Å². The normalized spacial score (nSPS) is 18.3. The number of rotatable bonds is 4. The molecule has 3 heterocycles. The van der Waals surface area contributed by atoms with E-state index in [-0.39, 0.29) is 11.5 Å². The van der Waals surface area contributed by atoms with Crippen LogP contribution in [-0.4, -0.2) is 33.4 Å². The summed E-state index contributed by atoms with van der Waals surface area (Å²) >= 11 is 1.36. The Kier molecular flexibility index (Phi) is 5.04. The molecule has 0 aliphatic carbocycles. The molecule has 130 valence electrons. The summed E-state index contributed by atoms with van der Waals surface area (Å²) in [5, 5.41) is 0.618. The lowest BCUT2D eigenvalue weighted by Gasteiger charge is -2.30. The summed E-state index contributed by atoms with van der Waals surface area (Å²) < 4.78 is 1.67. The number of carbonyl (C=O) groups is 1. The van der Waals surface area contributed by atoms with Crippen molar-refractivity contribution in [2.75, 3.05) is 13.1 Å². The van der Waals surface area contributed by atoms with Crippen LogP contribution in [0.3, 0.4) is 0 Å². The lowest BCUT2D eigenvalue weighted by molar-refractivity contribution is 0.0687. The van der Waals surface area contributed by atoms with E-state index in [1.807, 2.05) is 11.8 Å². The molecule has 6 heteroatoms. The van der Waals surface area contributed by atoms with Crippen LogP contribution >= 0.6 is 11.3 Å². The zero-order valence-electron chi connectivity index (χ0n) is 14.7. The summed E-state index contributed by atoms with van der Waals surface area (Å²) in [6, 6.07) is 0. The van der Waals surface area contributed by atoms with Crippen LogP contribution in [0.4, 0.5) is 0 Å². The molecule has 1 unspecified atom stereocenters. The molecule has 0 N–H and O–H groups in total. The highest BCUT2D eigenvalue weighted by atomic mass is 32.1. The van der Waals surface area contributed by atoms with Crippen LogP contribution in [0.5, 0.6) is 0 Å². The molecule has 1 fully saturated rings. The minimum atomic E-state index is -0.0201. The Labute approximate surface area is 146 Å². The number of aromatic nitrogens is 2. The van der Waals surface area contributed by atoms with Crippen molar-refractivity contribution in [1.82, 2.24) is 14.5 Å². The smallest absolute Gasteiger partial charge is 0.264 e. The van der Waals surface area contributed by atoms with Crippen LogP contribution in [0, 0.1) is 12.8 Å². The monoisotopic (exact) mass is 347 g/mol. The number of aryl methyl sites for hydroxylation is 2. The maximum absolute atomic E-state index is 12.9. The number of unbranched alkanes of at least 4 members (excludes halogenated alkanes) is 1. The Morgan fingerprint density at radius 1 is 1.46 bits per heavy atom. The Morgan fingerprint density at radius 2 is 2.25 bits per heavy atom. The van der Waals surface area contributed by atoms with Gasteiger partial charge in [0.15, 0.2) is 0 Å². The zero-order valence-corrected chi connectivity index (χ0v) is 15.5. The number of amides is 1. The standard InChI is InChI=1S/C18H25N3O2S/c1-4-5-8-21-11-19-16-14(17(21)22)13(3)15(24-16)18(23)20-9-6-7-12(2)10-20/h11-12H,4-10H2,1-3H3. The number of piperidine rings is 1. The Hall–Kier alpha value is -1.69. The van der Waals surface area contributed by atoms with E-state index in [1.165, 1.54) is 17.8 Å². The van der Waals surface area contributed by atoms with Crippen molar-refractivity contribution >= 4 is 27.5 Å². The molecule has 24 heavy (non-hydrogen) atoms. The molecule has 2 aromatic heterocycles. The van der Waals surface area contributed by atoms with Crippen LogP contribution in [0.15, 0.2) is 11.1 Å². The fraction of sp³-hybridized carbons (Fsp3) is 0.611. The minimum absolute atomic E-state index is 0.0201. The van der Waals surface area contributed by atoms with Crippen LogP contribution in [0.2, 0.25) is 0 Å². The van der Waals surface area contributed by atoms with Crippen molar-refractivity contribution < 1.29 is 4.79 Å². The van der Waals surface area contributed by atoms with Crippen molar-refractivity contribution in [2.45, 2.75) is 53.0 Å². The van der Waals surface area contributed by atoms with Crippen LogP contribution in [0.1, 0.15) is 54.8 Å². The van der Waals surface area contributed by atoms with E-state index in [2.05, 4.69) is 18.8 Å². The first kappa shape index (κ1) is 17.1. The first-order valence-corrected chi connectivity index (χ1v) is 9.62. The first-order chi connectivity index (χ1) is 11.5. The fourth-order valence-corrected chi connectivity index (χ4v) is 4.48. The molecule has 1 atom stereocenters. The van der Waals surface area contributed by atoms with Gasteiger partial charge in [-0.15, -0.1) is 11.3 Å². The molecule has 1 saturated heterocycles. The molecular formula is C18H25N3O2S. The predicted octanol–water partition coefficient (Wildman–Crippen LogP) is 3.44. The van der Waals surface area contributed by atoms with Gasteiger partial charge in [0.1, 0.15) is 4.83 Å². The van der Waals surface area contributed by atoms with Crippen LogP contribution < -0.4 is 5.56 Å². The topological polar surface area (TPSA) is 55.2 Å². The van der Waals surface area contributed by atoms with E-state index in [4.69, 9.17) is 0 Å². The molecule has 0 aromatic carbocycles. The van der Waals surface area contributed by atoms with Gasteiger partial charge in [-0.05, 0) is 37.7 Å². The molecular weight excluding hydrogens is 322 g/mol. The van der Waals surface area contributed by atoms with Gasteiger partial charge < -0.3 is 4.90 Å². The average molecular weight is 347 g/mol. The summed E-state index contributed by atoms with van der Waals surface area (Å²) in [6.45, 7) is 8.47. The van der Waals surface area contributed by atoms with Gasteiger partial charge in [0, 0.05) is 19.6 Å². The van der Waals surface area contributed by atoms with Gasteiger partial charge in [-0.25, -0.2) is 4.98 Å². The van der Waals surface area contributed by atoms with Crippen LogP contribution in [0.25, 0.3) is 10.2 Å².